The zero-order valence-electron chi connectivity index (χ0n) is 2.77. The van der Waals surface area contributed by atoms with E-state index in [1.807, 2.05) is 0 Å². The molecule has 0 saturated carbocycles. The van der Waals surface area contributed by atoms with Gasteiger partial charge in [0.2, 0.25) is 0 Å². The molecule has 0 atom stereocenters. The number of hydrogen-bond donors (Lipinski definition) is 2. The van der Waals surface area contributed by atoms with Gasteiger partial charge in [0.15, 0.2) is 0 Å². The molecule has 0 nitrogen and oxygen atoms in total. The van der Waals surface area contributed by atoms with E-state index in [2.05, 4.69) is 24.2 Å². The molecular formula is H5FS2Si2. The lowest BCUT2D eigenvalue weighted by Gasteiger charge is -1.92. The molecule has 0 aromatic rings. The van der Waals surface area contributed by atoms with Crippen LogP contribution in [-0.4, -0.2) is 16.0 Å². The van der Waals surface area contributed by atoms with Crippen molar-refractivity contribution in [2.75, 3.05) is 0 Å². The van der Waals surface area contributed by atoms with Crippen LogP contribution in [0.2, 0.25) is 0 Å². The van der Waals surface area contributed by atoms with E-state index < -0.39 is 6.22 Å². The van der Waals surface area contributed by atoms with Gasteiger partial charge in [-0.3, -0.25) is 4.11 Å². The molecule has 5 heteroatoms. The minimum absolute atomic E-state index is 0.508. The molecule has 32 valence electrons. The fourth-order valence-electron chi connectivity index (χ4n) is 0. The first kappa shape index (κ1) is 6.06. The average Bonchev–Trinajstić information content (AvgIpc) is 0.722. The number of halogens is 1. The van der Waals surface area contributed by atoms with Crippen molar-refractivity contribution in [3.05, 3.63) is 0 Å². The third-order valence-electron chi connectivity index (χ3n) is 0. The van der Waals surface area contributed by atoms with E-state index in [-0.39, 0.29) is 0 Å². The summed E-state index contributed by atoms with van der Waals surface area (Å²) in [6, 6.07) is 0. The van der Waals surface area contributed by atoms with Crippen LogP contribution in [0.3, 0.4) is 0 Å². The zero-order valence-corrected chi connectivity index (χ0v) is 7.56. The van der Waals surface area contributed by atoms with Gasteiger partial charge in [0.1, 0.15) is 0 Å². The van der Waals surface area contributed by atoms with E-state index in [0.29, 0.717) is 9.76 Å². The number of thiol groups is 2. The third-order valence-corrected chi connectivity index (χ3v) is 0. The summed E-state index contributed by atoms with van der Waals surface area (Å²) < 4.78 is 11.6. The Labute approximate surface area is 44.7 Å². The van der Waals surface area contributed by atoms with Crippen LogP contribution in [-0.2, 0) is 0 Å². The Balaban J connectivity index is 3.02. The van der Waals surface area contributed by atoms with E-state index in [9.17, 15) is 4.11 Å². The fraction of sp³-hybridized carbons (Fsp3) is 0. The first-order valence-electron chi connectivity index (χ1n) is 1.14. The Morgan fingerprint density at radius 1 is 1.60 bits per heavy atom. The van der Waals surface area contributed by atoms with Gasteiger partial charge in [-0.1, -0.05) is 0 Å². The molecule has 0 unspecified atom stereocenters. The van der Waals surface area contributed by atoms with Crippen LogP contribution >= 0.6 is 24.2 Å². The van der Waals surface area contributed by atoms with Gasteiger partial charge in [-0.25, -0.2) is 0 Å². The Morgan fingerprint density at radius 3 is 1.60 bits per heavy atom. The van der Waals surface area contributed by atoms with Crippen LogP contribution in [0.5, 0.6) is 0 Å². The van der Waals surface area contributed by atoms with Gasteiger partial charge in [-0.2, -0.15) is 24.2 Å². The van der Waals surface area contributed by atoms with E-state index >= 15 is 0 Å². The molecule has 0 radical (unpaired) electrons. The summed E-state index contributed by atoms with van der Waals surface area (Å²) in [5.74, 6) is 0. The minimum Gasteiger partial charge on any atom is -0.291 e. The predicted octanol–water partition coefficient (Wildman–Crippen LogP) is -0.383. The van der Waals surface area contributed by atoms with Crippen molar-refractivity contribution >= 4 is 40.1 Å². The van der Waals surface area contributed by atoms with Crippen LogP contribution < -0.4 is 0 Å². The molecule has 0 aliphatic rings. The molecule has 0 amide bonds. The van der Waals surface area contributed by atoms with Crippen molar-refractivity contribution in [3.8, 4) is 0 Å². The molecule has 0 aromatic heterocycles. The molecule has 0 fully saturated rings. The quantitative estimate of drug-likeness (QED) is 0.258. The van der Waals surface area contributed by atoms with Gasteiger partial charge in [-0.15, -0.1) is 0 Å². The van der Waals surface area contributed by atoms with Crippen LogP contribution in [0.15, 0.2) is 0 Å². The standard InChI is InChI=1S/FH5S2Si2/c1-5(2,3)4/h2-3H,4H3. The van der Waals surface area contributed by atoms with Crippen molar-refractivity contribution in [2.45, 2.75) is 0 Å². The highest BCUT2D eigenvalue weighted by Crippen LogP contribution is 2.06. The highest BCUT2D eigenvalue weighted by molar-refractivity contribution is 8.49. The summed E-state index contributed by atoms with van der Waals surface area (Å²) in [5.41, 5.74) is 0. The van der Waals surface area contributed by atoms with Gasteiger partial charge < -0.3 is 0 Å². The van der Waals surface area contributed by atoms with Crippen LogP contribution in [0, 0.1) is 0 Å². The molecule has 0 aromatic carbocycles. The maximum atomic E-state index is 11.6. The Kier molecular flexibility index (Phi) is 2.03. The molecule has 0 saturated heterocycles. The van der Waals surface area contributed by atoms with E-state index in [1.54, 1.807) is 0 Å². The van der Waals surface area contributed by atoms with E-state index in [4.69, 9.17) is 0 Å². The van der Waals surface area contributed by atoms with Crippen molar-refractivity contribution in [1.82, 2.24) is 0 Å². The number of hydrogen-bond acceptors (Lipinski definition) is 2. The topological polar surface area (TPSA) is 0 Å². The van der Waals surface area contributed by atoms with E-state index in [1.165, 1.54) is 0 Å². The lowest BCUT2D eigenvalue weighted by Crippen LogP contribution is -2.09. The molecule has 5 heavy (non-hydrogen) atoms. The summed E-state index contributed by atoms with van der Waals surface area (Å²) in [5, 5.41) is 0. The first-order chi connectivity index (χ1) is 2.00. The summed E-state index contributed by atoms with van der Waals surface area (Å²) >= 11 is 7.04. The molecule has 0 aliphatic carbocycles. The molecule has 0 aliphatic heterocycles. The molecule has 0 N–H and O–H groups in total. The second kappa shape index (κ2) is 1.68. The maximum absolute atomic E-state index is 11.6. The van der Waals surface area contributed by atoms with Crippen molar-refractivity contribution in [2.24, 2.45) is 0 Å². The smallest absolute Gasteiger partial charge is 0.291 e. The summed E-state index contributed by atoms with van der Waals surface area (Å²) in [4.78, 5) is 0. The first-order valence-corrected chi connectivity index (χ1v) is 9.09. The predicted molar refractivity (Wildman–Crippen MR) is 34.8 cm³/mol. The summed E-state index contributed by atoms with van der Waals surface area (Å²) in [7, 11) is 0.508. The largest absolute Gasteiger partial charge is 0.330 e. The normalized spacial score (nSPS) is 12.6. The second-order valence-electron chi connectivity index (χ2n) is 0.905. The highest BCUT2D eigenvalue weighted by Gasteiger charge is 2.11. The Hall–Kier alpha value is 1.06. The zero-order chi connectivity index (χ0) is 4.50. The summed E-state index contributed by atoms with van der Waals surface area (Å²) in [6.45, 7) is 0. The second-order valence-corrected chi connectivity index (χ2v) is 18.0. The van der Waals surface area contributed by atoms with Crippen LogP contribution in [0.4, 0.5) is 4.11 Å². The SMILES string of the molecule is F[Si]([SiH3])(S)S. The Bertz CT molecular complexity index is 23.1. The lowest BCUT2D eigenvalue weighted by atomic mass is 18.9. The van der Waals surface area contributed by atoms with Crippen molar-refractivity contribution < 1.29 is 4.11 Å². The minimum atomic E-state index is -2.58. The average molecular weight is 144 g/mol. The molecular weight excluding hydrogens is 139 g/mol. The monoisotopic (exact) mass is 144 g/mol. The fourth-order valence-corrected chi connectivity index (χ4v) is 0. The van der Waals surface area contributed by atoms with Crippen molar-refractivity contribution in [3.63, 3.8) is 0 Å². The molecule has 0 heterocycles. The molecule has 0 bridgehead atoms. The van der Waals surface area contributed by atoms with Crippen LogP contribution in [0.1, 0.15) is 0 Å². The van der Waals surface area contributed by atoms with Crippen molar-refractivity contribution in [1.29, 1.82) is 0 Å². The molecule has 0 spiro atoms. The lowest BCUT2D eigenvalue weighted by molar-refractivity contribution is 0.879. The van der Waals surface area contributed by atoms with Gasteiger partial charge in [0.25, 0.3) is 0 Å². The summed E-state index contributed by atoms with van der Waals surface area (Å²) in [6.07, 6.45) is -2.58. The van der Waals surface area contributed by atoms with Crippen LogP contribution in [0.25, 0.3) is 0 Å². The van der Waals surface area contributed by atoms with Gasteiger partial charge >= 0.3 is 6.22 Å². The third kappa shape index (κ3) is 42.0. The number of rotatable bonds is 0. The van der Waals surface area contributed by atoms with Gasteiger partial charge in [0, 0.05) is 0 Å². The highest BCUT2D eigenvalue weighted by atomic mass is 32.5. The molecule has 0 rings (SSSR count). The van der Waals surface area contributed by atoms with Gasteiger partial charge in [-0.05, 0) is 0 Å². The Morgan fingerprint density at radius 2 is 1.60 bits per heavy atom. The van der Waals surface area contributed by atoms with E-state index in [0.717, 1.165) is 0 Å². The maximum Gasteiger partial charge on any atom is 0.330 e. The van der Waals surface area contributed by atoms with Gasteiger partial charge in [0.05, 0.1) is 9.76 Å².